The van der Waals surface area contributed by atoms with E-state index in [1.165, 1.54) is 11.1 Å². The van der Waals surface area contributed by atoms with Crippen LogP contribution in [0.1, 0.15) is 36.0 Å². The minimum absolute atomic E-state index is 0.0419. The van der Waals surface area contributed by atoms with Gasteiger partial charge in [-0.15, -0.1) is 0 Å². The third-order valence-electron chi connectivity index (χ3n) is 2.81. The number of Topliss-reactive ketones (excluding diaryl/α,β-unsaturated/α-hetero) is 1. The zero-order valence-corrected chi connectivity index (χ0v) is 8.86. The van der Waals surface area contributed by atoms with Crippen molar-refractivity contribution >= 4 is 11.6 Å². The first-order valence-corrected chi connectivity index (χ1v) is 5.21. The first-order chi connectivity index (χ1) is 7.20. The maximum atomic E-state index is 12.0. The minimum atomic E-state index is 0.0419. The summed E-state index contributed by atoms with van der Waals surface area (Å²) in [7, 11) is 1.74. The van der Waals surface area contributed by atoms with Crippen molar-refractivity contribution in [3.8, 4) is 0 Å². The first kappa shape index (κ1) is 9.96. The summed E-state index contributed by atoms with van der Waals surface area (Å²) in [6.45, 7) is 0. The molecule has 0 saturated heterocycles. The van der Waals surface area contributed by atoms with E-state index in [1.54, 1.807) is 13.2 Å². The van der Waals surface area contributed by atoms with Crippen LogP contribution in [-0.4, -0.2) is 15.6 Å². The Hall–Kier alpha value is -1.58. The number of aromatic nitrogens is 2. The number of nitrogen functional groups attached to an aromatic ring is 1. The van der Waals surface area contributed by atoms with Gasteiger partial charge in [0.1, 0.15) is 5.82 Å². The van der Waals surface area contributed by atoms with Crippen LogP contribution in [0.25, 0.3) is 0 Å². The highest BCUT2D eigenvalue weighted by Crippen LogP contribution is 2.23. The second-order valence-electron chi connectivity index (χ2n) is 3.87. The lowest BCUT2D eigenvalue weighted by Crippen LogP contribution is -2.09. The van der Waals surface area contributed by atoms with Crippen LogP contribution in [0, 0.1) is 0 Å². The van der Waals surface area contributed by atoms with Gasteiger partial charge in [-0.05, 0) is 31.3 Å². The van der Waals surface area contributed by atoms with Crippen molar-refractivity contribution in [2.45, 2.75) is 25.7 Å². The van der Waals surface area contributed by atoms with Crippen molar-refractivity contribution in [3.63, 3.8) is 0 Å². The molecule has 0 atom stereocenters. The minimum Gasteiger partial charge on any atom is -0.383 e. The number of carbonyl (C=O) groups excluding carboxylic acids is 1. The standard InChI is InChI=1S/C11H15N3O/c1-14-11(12)9(7-13-14)10(15)8-5-3-2-4-6-8/h5,7H,2-4,6,12H2,1H3. The number of aryl methyl sites for hydroxylation is 1. The average molecular weight is 205 g/mol. The number of allylic oxidation sites excluding steroid dienone is 2. The molecule has 0 unspecified atom stereocenters. The molecule has 0 aliphatic heterocycles. The van der Waals surface area contributed by atoms with Crippen LogP contribution in [0.15, 0.2) is 17.8 Å². The van der Waals surface area contributed by atoms with E-state index in [9.17, 15) is 4.79 Å². The van der Waals surface area contributed by atoms with Crippen LogP contribution in [0.3, 0.4) is 0 Å². The molecule has 1 aliphatic rings. The number of carbonyl (C=O) groups is 1. The number of hydrogen-bond donors (Lipinski definition) is 1. The van der Waals surface area contributed by atoms with Gasteiger partial charge in [-0.3, -0.25) is 9.48 Å². The van der Waals surface area contributed by atoms with E-state index < -0.39 is 0 Å². The fraction of sp³-hybridized carbons (Fsp3) is 0.455. The second-order valence-corrected chi connectivity index (χ2v) is 3.87. The highest BCUT2D eigenvalue weighted by molar-refractivity contribution is 6.11. The normalized spacial score (nSPS) is 16.2. The molecule has 0 saturated carbocycles. The molecule has 2 rings (SSSR count). The van der Waals surface area contributed by atoms with Gasteiger partial charge in [-0.1, -0.05) is 6.08 Å². The molecule has 0 fully saturated rings. The third kappa shape index (κ3) is 1.79. The van der Waals surface area contributed by atoms with E-state index in [1.807, 2.05) is 6.08 Å². The second kappa shape index (κ2) is 3.88. The molecule has 1 aromatic heterocycles. The lowest BCUT2D eigenvalue weighted by molar-refractivity contribution is 0.102. The molecule has 1 aromatic rings. The van der Waals surface area contributed by atoms with E-state index >= 15 is 0 Å². The van der Waals surface area contributed by atoms with Crippen molar-refractivity contribution < 1.29 is 4.79 Å². The molecule has 1 aliphatic carbocycles. The molecule has 0 radical (unpaired) electrons. The Morgan fingerprint density at radius 3 is 2.87 bits per heavy atom. The largest absolute Gasteiger partial charge is 0.383 e. The molecule has 4 nitrogen and oxygen atoms in total. The molecular weight excluding hydrogens is 190 g/mol. The third-order valence-corrected chi connectivity index (χ3v) is 2.81. The molecule has 0 amide bonds. The van der Waals surface area contributed by atoms with E-state index in [2.05, 4.69) is 5.10 Å². The van der Waals surface area contributed by atoms with Crippen LogP contribution < -0.4 is 5.73 Å². The van der Waals surface area contributed by atoms with E-state index in [0.29, 0.717) is 11.4 Å². The summed E-state index contributed by atoms with van der Waals surface area (Å²) in [5.74, 6) is 0.492. The maximum absolute atomic E-state index is 12.0. The van der Waals surface area contributed by atoms with Crippen LogP contribution in [0.4, 0.5) is 5.82 Å². The van der Waals surface area contributed by atoms with Crippen molar-refractivity contribution in [1.29, 1.82) is 0 Å². The Morgan fingerprint density at radius 2 is 2.33 bits per heavy atom. The van der Waals surface area contributed by atoms with Gasteiger partial charge >= 0.3 is 0 Å². The highest BCUT2D eigenvalue weighted by Gasteiger charge is 2.18. The monoisotopic (exact) mass is 205 g/mol. The molecule has 4 heteroatoms. The molecular formula is C11H15N3O. The fourth-order valence-corrected chi connectivity index (χ4v) is 1.84. The fourth-order valence-electron chi connectivity index (χ4n) is 1.84. The van der Waals surface area contributed by atoms with Gasteiger partial charge in [-0.25, -0.2) is 0 Å². The Balaban J connectivity index is 2.28. The molecule has 80 valence electrons. The van der Waals surface area contributed by atoms with Gasteiger partial charge < -0.3 is 5.73 Å². The topological polar surface area (TPSA) is 60.9 Å². The van der Waals surface area contributed by atoms with Crippen LogP contribution in [0.5, 0.6) is 0 Å². The molecule has 0 bridgehead atoms. The number of ketones is 1. The summed E-state index contributed by atoms with van der Waals surface area (Å²) in [5, 5.41) is 3.98. The molecule has 1 heterocycles. The number of hydrogen-bond acceptors (Lipinski definition) is 3. The van der Waals surface area contributed by atoms with Crippen molar-refractivity contribution in [2.75, 3.05) is 5.73 Å². The Kier molecular flexibility index (Phi) is 2.58. The lowest BCUT2D eigenvalue weighted by Gasteiger charge is -2.10. The predicted octanol–water partition coefficient (Wildman–Crippen LogP) is 1.69. The average Bonchev–Trinajstić information content (AvgIpc) is 2.60. The van der Waals surface area contributed by atoms with E-state index in [0.717, 1.165) is 24.8 Å². The number of nitrogens with zero attached hydrogens (tertiary/aromatic N) is 2. The number of rotatable bonds is 2. The first-order valence-electron chi connectivity index (χ1n) is 5.21. The Labute approximate surface area is 88.8 Å². The van der Waals surface area contributed by atoms with Gasteiger partial charge in [0, 0.05) is 7.05 Å². The van der Waals surface area contributed by atoms with Crippen LogP contribution in [0.2, 0.25) is 0 Å². The van der Waals surface area contributed by atoms with Crippen molar-refractivity contribution in [3.05, 3.63) is 23.4 Å². The van der Waals surface area contributed by atoms with Gasteiger partial charge in [-0.2, -0.15) is 5.10 Å². The number of anilines is 1. The summed E-state index contributed by atoms with van der Waals surface area (Å²) in [6.07, 6.45) is 7.72. The van der Waals surface area contributed by atoms with Crippen molar-refractivity contribution in [1.82, 2.24) is 9.78 Å². The highest BCUT2D eigenvalue weighted by atomic mass is 16.1. The number of nitrogens with two attached hydrogens (primary N) is 1. The quantitative estimate of drug-likeness (QED) is 0.747. The maximum Gasteiger partial charge on any atom is 0.194 e. The summed E-state index contributed by atoms with van der Waals surface area (Å²) < 4.78 is 1.52. The summed E-state index contributed by atoms with van der Waals surface area (Å²) in [6, 6.07) is 0. The summed E-state index contributed by atoms with van der Waals surface area (Å²) in [5.41, 5.74) is 7.19. The predicted molar refractivity (Wildman–Crippen MR) is 58.5 cm³/mol. The van der Waals surface area contributed by atoms with Gasteiger partial charge in [0.2, 0.25) is 0 Å². The van der Waals surface area contributed by atoms with Crippen LogP contribution in [-0.2, 0) is 7.05 Å². The molecule has 15 heavy (non-hydrogen) atoms. The van der Waals surface area contributed by atoms with Crippen molar-refractivity contribution in [2.24, 2.45) is 7.05 Å². The SMILES string of the molecule is Cn1ncc(C(=O)C2=CCCCC2)c1N. The van der Waals surface area contributed by atoms with E-state index in [-0.39, 0.29) is 5.78 Å². The van der Waals surface area contributed by atoms with Crippen LogP contribution >= 0.6 is 0 Å². The van der Waals surface area contributed by atoms with Gasteiger partial charge in [0.05, 0.1) is 11.8 Å². The summed E-state index contributed by atoms with van der Waals surface area (Å²) >= 11 is 0. The zero-order valence-electron chi connectivity index (χ0n) is 8.86. The zero-order chi connectivity index (χ0) is 10.8. The smallest absolute Gasteiger partial charge is 0.194 e. The molecule has 0 spiro atoms. The molecule has 2 N–H and O–H groups in total. The molecule has 0 aromatic carbocycles. The van der Waals surface area contributed by atoms with E-state index in [4.69, 9.17) is 5.73 Å². The van der Waals surface area contributed by atoms with Gasteiger partial charge in [0.15, 0.2) is 5.78 Å². The lowest BCUT2D eigenvalue weighted by atomic mass is 9.94. The Morgan fingerprint density at radius 1 is 1.53 bits per heavy atom. The Bertz CT molecular complexity index is 417. The van der Waals surface area contributed by atoms with Gasteiger partial charge in [0.25, 0.3) is 0 Å². The summed E-state index contributed by atoms with van der Waals surface area (Å²) in [4.78, 5) is 12.0.